The van der Waals surface area contributed by atoms with Gasteiger partial charge in [-0.2, -0.15) is 5.53 Å². The van der Waals surface area contributed by atoms with E-state index in [9.17, 15) is 9.18 Å². The summed E-state index contributed by atoms with van der Waals surface area (Å²) in [6, 6.07) is 11.1. The number of hydrogen-bond donors (Lipinski definition) is 5. The number of methoxy groups -OCH3 is 1. The third-order valence-electron chi connectivity index (χ3n) is 4.25. The zero-order valence-corrected chi connectivity index (χ0v) is 15.7. The van der Waals surface area contributed by atoms with Crippen molar-refractivity contribution in [2.45, 2.75) is 25.7 Å². The van der Waals surface area contributed by atoms with Gasteiger partial charge in [-0.25, -0.2) is 15.2 Å². The van der Waals surface area contributed by atoms with E-state index in [1.807, 2.05) is 19.1 Å². The maximum absolute atomic E-state index is 13.8. The van der Waals surface area contributed by atoms with Crippen LogP contribution in [0.4, 0.5) is 10.1 Å². The fourth-order valence-corrected chi connectivity index (χ4v) is 2.84. The van der Waals surface area contributed by atoms with Crippen LogP contribution in [0.15, 0.2) is 42.5 Å². The highest BCUT2D eigenvalue weighted by Crippen LogP contribution is 2.28. The molecule has 1 fully saturated rings. The predicted octanol–water partition coefficient (Wildman–Crippen LogP) is 1.27. The van der Waals surface area contributed by atoms with E-state index >= 15 is 0 Å². The van der Waals surface area contributed by atoms with Gasteiger partial charge in [0.1, 0.15) is 18.0 Å². The average Bonchev–Trinajstić information content (AvgIpc) is 3.16. The highest BCUT2D eigenvalue weighted by molar-refractivity contribution is 5.83. The van der Waals surface area contributed by atoms with Gasteiger partial charge in [0.2, 0.25) is 5.91 Å². The van der Waals surface area contributed by atoms with Crippen LogP contribution < -0.4 is 36.5 Å². The van der Waals surface area contributed by atoms with Gasteiger partial charge in [0.25, 0.3) is 0 Å². The molecule has 0 bridgehead atoms. The van der Waals surface area contributed by atoms with Crippen molar-refractivity contribution >= 4 is 11.6 Å². The number of hydrogen-bond acceptors (Lipinski definition) is 7. The minimum Gasteiger partial charge on any atom is -0.493 e. The SMILES string of the molecule is CCOc1cc(CNC(=O)C2NNNC2Nc2ccccc2F)ccc1OC. The molecule has 3 rings (SSSR count). The summed E-state index contributed by atoms with van der Waals surface area (Å²) in [5, 5.41) is 5.84. The third kappa shape index (κ3) is 4.69. The molecule has 150 valence electrons. The smallest absolute Gasteiger partial charge is 0.242 e. The predicted molar refractivity (Wildman–Crippen MR) is 103 cm³/mol. The van der Waals surface area contributed by atoms with E-state index in [-0.39, 0.29) is 5.91 Å². The number of carbonyl (C=O) groups is 1. The summed E-state index contributed by atoms with van der Waals surface area (Å²) in [6.07, 6.45) is -0.535. The Morgan fingerprint density at radius 2 is 2.00 bits per heavy atom. The Hall–Kier alpha value is -2.88. The number of anilines is 1. The third-order valence-corrected chi connectivity index (χ3v) is 4.25. The van der Waals surface area contributed by atoms with Gasteiger partial charge in [-0.1, -0.05) is 18.2 Å². The summed E-state index contributed by atoms with van der Waals surface area (Å²) < 4.78 is 24.7. The van der Waals surface area contributed by atoms with Crippen molar-refractivity contribution in [3.63, 3.8) is 0 Å². The van der Waals surface area contributed by atoms with Gasteiger partial charge < -0.3 is 20.1 Å². The first kappa shape index (κ1) is 19.9. The van der Waals surface area contributed by atoms with E-state index in [4.69, 9.17) is 9.47 Å². The molecule has 9 heteroatoms. The first-order valence-corrected chi connectivity index (χ1v) is 8.97. The molecule has 5 N–H and O–H groups in total. The lowest BCUT2D eigenvalue weighted by Gasteiger charge is -2.20. The number of benzene rings is 2. The second-order valence-electron chi connectivity index (χ2n) is 6.13. The molecule has 1 saturated heterocycles. The van der Waals surface area contributed by atoms with Gasteiger partial charge >= 0.3 is 0 Å². The lowest BCUT2D eigenvalue weighted by molar-refractivity contribution is -0.123. The number of carbonyl (C=O) groups excluding carboxylic acids is 1. The van der Waals surface area contributed by atoms with E-state index in [1.54, 1.807) is 31.4 Å². The Labute approximate surface area is 162 Å². The molecule has 0 aliphatic carbocycles. The lowest BCUT2D eigenvalue weighted by atomic mass is 10.1. The number of nitrogens with one attached hydrogen (secondary N) is 5. The van der Waals surface area contributed by atoms with E-state index in [1.165, 1.54) is 6.07 Å². The fraction of sp³-hybridized carbons (Fsp3) is 0.316. The van der Waals surface area contributed by atoms with Crippen LogP contribution >= 0.6 is 0 Å². The first-order valence-electron chi connectivity index (χ1n) is 8.97. The van der Waals surface area contributed by atoms with Crippen LogP contribution in [-0.2, 0) is 11.3 Å². The minimum atomic E-state index is -0.649. The maximum Gasteiger partial charge on any atom is 0.242 e. The zero-order chi connectivity index (χ0) is 19.9. The zero-order valence-electron chi connectivity index (χ0n) is 15.7. The number of amides is 1. The average molecular weight is 389 g/mol. The standard InChI is InChI=1S/C19H24FN5O3/c1-3-28-16-10-12(8-9-15(16)27-2)11-21-19(26)17-18(24-25-23-17)22-14-7-5-4-6-13(14)20/h4-10,17-18,22-25H,3,11H2,1-2H3,(H,21,26). The van der Waals surface area contributed by atoms with Crippen molar-refractivity contribution in [2.75, 3.05) is 19.0 Å². The molecular formula is C19H24FN5O3. The number of rotatable bonds is 8. The van der Waals surface area contributed by atoms with Gasteiger partial charge in [-0.05, 0) is 36.8 Å². The molecular weight excluding hydrogens is 365 g/mol. The Balaban J connectivity index is 1.61. The highest BCUT2D eigenvalue weighted by atomic mass is 19.1. The number of ether oxygens (including phenoxy) is 2. The quantitative estimate of drug-likeness (QED) is 0.464. The summed E-state index contributed by atoms with van der Waals surface area (Å²) in [5.74, 6) is 0.618. The molecule has 2 aromatic rings. The lowest BCUT2D eigenvalue weighted by Crippen LogP contribution is -2.50. The summed E-state index contributed by atoms with van der Waals surface area (Å²) in [5.41, 5.74) is 9.57. The van der Waals surface area contributed by atoms with Crippen LogP contribution in [0.2, 0.25) is 0 Å². The van der Waals surface area contributed by atoms with Crippen LogP contribution in [0, 0.1) is 5.82 Å². The van der Waals surface area contributed by atoms with Crippen molar-refractivity contribution in [3.8, 4) is 11.5 Å². The summed E-state index contributed by atoms with van der Waals surface area (Å²) in [7, 11) is 1.58. The summed E-state index contributed by atoms with van der Waals surface area (Å²) in [4.78, 5) is 12.6. The van der Waals surface area contributed by atoms with E-state index in [0.29, 0.717) is 30.3 Å². The maximum atomic E-state index is 13.8. The van der Waals surface area contributed by atoms with Crippen LogP contribution in [-0.4, -0.2) is 31.8 Å². The van der Waals surface area contributed by atoms with Crippen LogP contribution in [0.3, 0.4) is 0 Å². The molecule has 0 spiro atoms. The first-order chi connectivity index (χ1) is 13.6. The van der Waals surface area contributed by atoms with Gasteiger partial charge in [-0.15, -0.1) is 0 Å². The molecule has 0 aromatic heterocycles. The molecule has 2 aromatic carbocycles. The van der Waals surface area contributed by atoms with Gasteiger partial charge in [0.15, 0.2) is 11.5 Å². The Bertz CT molecular complexity index is 820. The fourth-order valence-electron chi connectivity index (χ4n) is 2.84. The number of hydrazine groups is 2. The van der Waals surface area contributed by atoms with Crippen LogP contribution in [0.1, 0.15) is 12.5 Å². The molecule has 1 aliphatic heterocycles. The molecule has 1 heterocycles. The largest absolute Gasteiger partial charge is 0.493 e. The van der Waals surface area contributed by atoms with Crippen molar-refractivity contribution < 1.29 is 18.7 Å². The van der Waals surface area contributed by atoms with Crippen molar-refractivity contribution in [2.24, 2.45) is 0 Å². The number of halogens is 1. The highest BCUT2D eigenvalue weighted by Gasteiger charge is 2.33. The van der Waals surface area contributed by atoms with E-state index < -0.39 is 18.0 Å². The molecule has 2 unspecified atom stereocenters. The Kier molecular flexibility index (Phi) is 6.64. The molecule has 0 radical (unpaired) electrons. The van der Waals surface area contributed by atoms with Gasteiger partial charge in [-0.3, -0.25) is 4.79 Å². The monoisotopic (exact) mass is 389 g/mol. The van der Waals surface area contributed by atoms with Crippen LogP contribution in [0.5, 0.6) is 11.5 Å². The summed E-state index contributed by atoms with van der Waals surface area (Å²) >= 11 is 0. The minimum absolute atomic E-state index is 0.250. The Morgan fingerprint density at radius 3 is 2.75 bits per heavy atom. The Morgan fingerprint density at radius 1 is 1.18 bits per heavy atom. The molecule has 8 nitrogen and oxygen atoms in total. The topological polar surface area (TPSA) is 95.7 Å². The van der Waals surface area contributed by atoms with E-state index in [0.717, 1.165) is 5.56 Å². The normalized spacial score (nSPS) is 18.5. The van der Waals surface area contributed by atoms with Crippen molar-refractivity contribution in [1.29, 1.82) is 0 Å². The van der Waals surface area contributed by atoms with Crippen LogP contribution in [0.25, 0.3) is 0 Å². The molecule has 28 heavy (non-hydrogen) atoms. The van der Waals surface area contributed by atoms with Gasteiger partial charge in [0, 0.05) is 6.54 Å². The molecule has 1 aliphatic rings. The van der Waals surface area contributed by atoms with Crippen molar-refractivity contribution in [3.05, 3.63) is 53.8 Å². The molecule has 1 amide bonds. The second kappa shape index (κ2) is 9.36. The molecule has 2 atom stereocenters. The summed E-state index contributed by atoms with van der Waals surface area (Å²) in [6.45, 7) is 2.72. The van der Waals surface area contributed by atoms with E-state index in [2.05, 4.69) is 27.0 Å². The second-order valence-corrected chi connectivity index (χ2v) is 6.13. The molecule has 0 saturated carbocycles. The number of para-hydroxylation sites is 1. The van der Waals surface area contributed by atoms with Crippen molar-refractivity contribution in [1.82, 2.24) is 21.7 Å². The van der Waals surface area contributed by atoms with Gasteiger partial charge in [0.05, 0.1) is 19.4 Å².